The van der Waals surface area contributed by atoms with Crippen molar-refractivity contribution in [2.75, 3.05) is 49.6 Å². The molecule has 0 aromatic heterocycles. The first kappa shape index (κ1) is 19.1. The Labute approximate surface area is 170 Å². The standard InChI is InChI=1S/C22H26N4O3/c1-29-20-9-7-18(8-10-20)24-11-13-25(14-12-24)22(28)23-17-15-21(27)26(16-17)19-5-3-2-4-6-19/h2-10,17H,11-16H2,1H3,(H,23,28)/t17-/m0/s1. The van der Waals surface area contributed by atoms with Crippen molar-refractivity contribution in [3.63, 3.8) is 0 Å². The molecule has 29 heavy (non-hydrogen) atoms. The van der Waals surface area contributed by atoms with Gasteiger partial charge in [0.25, 0.3) is 0 Å². The number of carbonyl (C=O) groups is 2. The van der Waals surface area contributed by atoms with Crippen LogP contribution in [-0.2, 0) is 4.79 Å². The Morgan fingerprint density at radius 2 is 1.66 bits per heavy atom. The molecule has 1 N–H and O–H groups in total. The van der Waals surface area contributed by atoms with Gasteiger partial charge in [0.05, 0.1) is 13.2 Å². The van der Waals surface area contributed by atoms with E-state index in [1.165, 1.54) is 0 Å². The molecule has 0 saturated carbocycles. The molecule has 4 rings (SSSR count). The number of rotatable bonds is 4. The molecule has 0 aliphatic carbocycles. The van der Waals surface area contributed by atoms with Gasteiger partial charge in [-0.2, -0.15) is 0 Å². The summed E-state index contributed by atoms with van der Waals surface area (Å²) in [5.41, 5.74) is 2.01. The molecular formula is C22H26N4O3. The monoisotopic (exact) mass is 394 g/mol. The lowest BCUT2D eigenvalue weighted by molar-refractivity contribution is -0.117. The lowest BCUT2D eigenvalue weighted by Gasteiger charge is -2.36. The number of nitrogens with one attached hydrogen (secondary N) is 1. The van der Waals surface area contributed by atoms with Crippen LogP contribution in [0, 0.1) is 0 Å². The average molecular weight is 394 g/mol. The van der Waals surface area contributed by atoms with Crippen LogP contribution in [0.1, 0.15) is 6.42 Å². The van der Waals surface area contributed by atoms with Crippen LogP contribution in [0.4, 0.5) is 16.2 Å². The largest absolute Gasteiger partial charge is 0.497 e. The molecule has 2 saturated heterocycles. The van der Waals surface area contributed by atoms with Crippen LogP contribution in [0.3, 0.4) is 0 Å². The van der Waals surface area contributed by atoms with Crippen LogP contribution in [0.15, 0.2) is 54.6 Å². The van der Waals surface area contributed by atoms with Crippen LogP contribution in [0.2, 0.25) is 0 Å². The van der Waals surface area contributed by atoms with E-state index >= 15 is 0 Å². The Balaban J connectivity index is 1.28. The fraction of sp³-hybridized carbons (Fsp3) is 0.364. The number of urea groups is 1. The van der Waals surface area contributed by atoms with Gasteiger partial charge in [0.1, 0.15) is 5.75 Å². The summed E-state index contributed by atoms with van der Waals surface area (Å²) >= 11 is 0. The van der Waals surface area contributed by atoms with Gasteiger partial charge in [-0.1, -0.05) is 18.2 Å². The first-order valence-corrected chi connectivity index (χ1v) is 9.94. The van der Waals surface area contributed by atoms with E-state index in [-0.39, 0.29) is 18.0 Å². The molecule has 1 atom stereocenters. The quantitative estimate of drug-likeness (QED) is 0.865. The summed E-state index contributed by atoms with van der Waals surface area (Å²) in [4.78, 5) is 30.8. The van der Waals surface area contributed by atoms with Crippen molar-refractivity contribution in [2.24, 2.45) is 0 Å². The first-order valence-electron chi connectivity index (χ1n) is 9.94. The highest BCUT2D eigenvalue weighted by Gasteiger charge is 2.33. The van der Waals surface area contributed by atoms with E-state index in [2.05, 4.69) is 10.2 Å². The predicted octanol–water partition coefficient (Wildman–Crippen LogP) is 2.33. The van der Waals surface area contributed by atoms with Crippen molar-refractivity contribution in [2.45, 2.75) is 12.5 Å². The van der Waals surface area contributed by atoms with Gasteiger partial charge in [-0.15, -0.1) is 0 Å². The van der Waals surface area contributed by atoms with Crippen molar-refractivity contribution in [3.05, 3.63) is 54.6 Å². The van der Waals surface area contributed by atoms with Gasteiger partial charge in [0.2, 0.25) is 5.91 Å². The van der Waals surface area contributed by atoms with Gasteiger partial charge in [-0.25, -0.2) is 4.79 Å². The minimum atomic E-state index is -0.158. The first-order chi connectivity index (χ1) is 14.1. The fourth-order valence-electron chi connectivity index (χ4n) is 3.89. The highest BCUT2D eigenvalue weighted by atomic mass is 16.5. The number of amides is 3. The summed E-state index contributed by atoms with van der Waals surface area (Å²) in [5, 5.41) is 3.04. The van der Waals surface area contributed by atoms with Gasteiger partial charge >= 0.3 is 6.03 Å². The number of carbonyl (C=O) groups excluding carboxylic acids is 2. The number of benzene rings is 2. The van der Waals surface area contributed by atoms with Crippen molar-refractivity contribution in [3.8, 4) is 5.75 Å². The number of hydrogen-bond acceptors (Lipinski definition) is 4. The Morgan fingerprint density at radius 3 is 2.31 bits per heavy atom. The van der Waals surface area contributed by atoms with E-state index in [0.29, 0.717) is 26.1 Å². The molecule has 3 amide bonds. The Morgan fingerprint density at radius 1 is 0.966 bits per heavy atom. The molecule has 0 bridgehead atoms. The highest BCUT2D eigenvalue weighted by Crippen LogP contribution is 2.22. The van der Waals surface area contributed by atoms with Crippen LogP contribution in [0.5, 0.6) is 5.75 Å². The fourth-order valence-corrected chi connectivity index (χ4v) is 3.89. The highest BCUT2D eigenvalue weighted by molar-refractivity contribution is 5.96. The van der Waals surface area contributed by atoms with Gasteiger partial charge in [0, 0.05) is 50.5 Å². The SMILES string of the molecule is COc1ccc(N2CCN(C(=O)N[C@H]3CC(=O)N(c4ccccc4)C3)CC2)cc1. The zero-order chi connectivity index (χ0) is 20.2. The molecule has 2 aromatic rings. The number of hydrogen-bond donors (Lipinski definition) is 1. The molecule has 2 heterocycles. The summed E-state index contributed by atoms with van der Waals surface area (Å²) < 4.78 is 5.20. The van der Waals surface area contributed by atoms with Gasteiger partial charge in [-0.05, 0) is 36.4 Å². The zero-order valence-corrected chi connectivity index (χ0v) is 16.6. The van der Waals surface area contributed by atoms with Crippen molar-refractivity contribution < 1.29 is 14.3 Å². The molecule has 0 unspecified atom stereocenters. The Kier molecular flexibility index (Phi) is 5.55. The van der Waals surface area contributed by atoms with Crippen LogP contribution in [0.25, 0.3) is 0 Å². The second-order valence-corrected chi connectivity index (χ2v) is 7.36. The molecule has 152 valence electrons. The van der Waals surface area contributed by atoms with E-state index in [0.717, 1.165) is 30.2 Å². The minimum absolute atomic E-state index is 0.0471. The van der Waals surface area contributed by atoms with E-state index in [1.54, 1.807) is 12.0 Å². The van der Waals surface area contributed by atoms with E-state index < -0.39 is 0 Å². The second kappa shape index (κ2) is 8.43. The summed E-state index contributed by atoms with van der Waals surface area (Å²) in [6, 6.07) is 17.3. The Hall–Kier alpha value is -3.22. The van der Waals surface area contributed by atoms with Crippen LogP contribution in [-0.4, -0.2) is 62.7 Å². The molecule has 7 heteroatoms. The number of methoxy groups -OCH3 is 1. The van der Waals surface area contributed by atoms with Crippen LogP contribution < -0.4 is 19.9 Å². The lowest BCUT2D eigenvalue weighted by atomic mass is 10.2. The number of anilines is 2. The lowest BCUT2D eigenvalue weighted by Crippen LogP contribution is -2.53. The maximum Gasteiger partial charge on any atom is 0.317 e. The average Bonchev–Trinajstić information content (AvgIpc) is 3.14. The number of nitrogens with zero attached hydrogens (tertiary/aromatic N) is 3. The molecular weight excluding hydrogens is 368 g/mol. The molecule has 2 fully saturated rings. The van der Waals surface area contributed by atoms with Crippen LogP contribution >= 0.6 is 0 Å². The molecule has 2 aromatic carbocycles. The molecule has 7 nitrogen and oxygen atoms in total. The summed E-state index contributed by atoms with van der Waals surface area (Å²) in [7, 11) is 1.66. The van der Waals surface area contributed by atoms with Gasteiger partial charge in [-0.3, -0.25) is 4.79 Å². The maximum atomic E-state index is 12.7. The smallest absolute Gasteiger partial charge is 0.317 e. The summed E-state index contributed by atoms with van der Waals surface area (Å²) in [6.07, 6.45) is 0.340. The third kappa shape index (κ3) is 4.29. The molecule has 2 aliphatic heterocycles. The third-order valence-electron chi connectivity index (χ3n) is 5.52. The molecule has 0 spiro atoms. The molecule has 2 aliphatic rings. The number of ether oxygens (including phenoxy) is 1. The van der Waals surface area contributed by atoms with Crippen molar-refractivity contribution in [1.82, 2.24) is 10.2 Å². The second-order valence-electron chi connectivity index (χ2n) is 7.36. The normalized spacial score (nSPS) is 19.4. The predicted molar refractivity (Wildman–Crippen MR) is 113 cm³/mol. The van der Waals surface area contributed by atoms with E-state index in [4.69, 9.17) is 4.74 Å². The topological polar surface area (TPSA) is 65.1 Å². The third-order valence-corrected chi connectivity index (χ3v) is 5.52. The number of piperazine rings is 1. The summed E-state index contributed by atoms with van der Waals surface area (Å²) in [5.74, 6) is 0.883. The van der Waals surface area contributed by atoms with E-state index in [9.17, 15) is 9.59 Å². The zero-order valence-electron chi connectivity index (χ0n) is 16.6. The summed E-state index contributed by atoms with van der Waals surface area (Å²) in [6.45, 7) is 3.38. The molecule has 0 radical (unpaired) electrons. The van der Waals surface area contributed by atoms with E-state index in [1.807, 2.05) is 59.5 Å². The number of para-hydroxylation sites is 1. The van der Waals surface area contributed by atoms with Crippen molar-refractivity contribution in [1.29, 1.82) is 0 Å². The van der Waals surface area contributed by atoms with Gasteiger partial charge in [0.15, 0.2) is 0 Å². The maximum absolute atomic E-state index is 12.7. The van der Waals surface area contributed by atoms with Gasteiger partial charge < -0.3 is 24.8 Å². The van der Waals surface area contributed by atoms with Crippen molar-refractivity contribution >= 4 is 23.3 Å². The Bertz CT molecular complexity index is 848. The minimum Gasteiger partial charge on any atom is -0.497 e.